The second kappa shape index (κ2) is 7.70. The van der Waals surface area contributed by atoms with Gasteiger partial charge in [0.25, 0.3) is 0 Å². The highest BCUT2D eigenvalue weighted by Crippen LogP contribution is 2.23. The first-order valence-electron chi connectivity index (χ1n) is 9.11. The van der Waals surface area contributed by atoms with E-state index in [0.29, 0.717) is 0 Å². The first kappa shape index (κ1) is 16.1. The molecule has 0 spiro atoms. The molecule has 2 aliphatic rings. The maximum absolute atomic E-state index is 5.47. The van der Waals surface area contributed by atoms with Gasteiger partial charge in [0.2, 0.25) is 0 Å². The lowest BCUT2D eigenvalue weighted by Crippen LogP contribution is -2.36. The van der Waals surface area contributed by atoms with Gasteiger partial charge in [0.1, 0.15) is 18.0 Å². The van der Waals surface area contributed by atoms with E-state index in [9.17, 15) is 0 Å². The second-order valence-corrected chi connectivity index (χ2v) is 6.54. The van der Waals surface area contributed by atoms with E-state index < -0.39 is 0 Å². The van der Waals surface area contributed by atoms with Crippen LogP contribution in [0.2, 0.25) is 0 Å². The van der Waals surface area contributed by atoms with Crippen LogP contribution in [0, 0.1) is 0 Å². The Hall–Kier alpha value is -2.34. The van der Waals surface area contributed by atoms with E-state index in [1.807, 2.05) is 0 Å². The Morgan fingerprint density at radius 2 is 1.76 bits per heavy atom. The van der Waals surface area contributed by atoms with Crippen molar-refractivity contribution in [2.24, 2.45) is 0 Å². The number of nitrogens with zero attached hydrogens (tertiary/aromatic N) is 4. The maximum Gasteiger partial charge on any atom is 0.134 e. The minimum Gasteiger partial charge on any atom is -0.378 e. The van der Waals surface area contributed by atoms with Gasteiger partial charge in [0.15, 0.2) is 0 Å². The van der Waals surface area contributed by atoms with E-state index in [-0.39, 0.29) is 0 Å². The fourth-order valence-electron chi connectivity index (χ4n) is 3.52. The number of hydrogen-bond acceptors (Lipinski definition) is 6. The number of anilines is 3. The van der Waals surface area contributed by atoms with Crippen LogP contribution in [0.3, 0.4) is 0 Å². The van der Waals surface area contributed by atoms with Crippen LogP contribution in [0.15, 0.2) is 36.7 Å². The number of benzene rings is 1. The molecule has 0 bridgehead atoms. The first-order valence-corrected chi connectivity index (χ1v) is 9.11. The van der Waals surface area contributed by atoms with Gasteiger partial charge in [0.05, 0.1) is 13.2 Å². The van der Waals surface area contributed by atoms with Crippen molar-refractivity contribution < 1.29 is 4.74 Å². The normalized spacial score (nSPS) is 17.8. The standard InChI is InChI=1S/C19H25N5O/c1-2-6-17(23-9-11-25-12-10-23)16(5-1)14-20-18-13-19(22-15-21-18)24-7-3-4-8-24/h1-2,5-6,13,15H,3-4,7-12,14H2,(H,20,21,22). The van der Waals surface area contributed by atoms with Crippen LogP contribution in [0.25, 0.3) is 0 Å². The van der Waals surface area contributed by atoms with Crippen LogP contribution in [0.4, 0.5) is 17.3 Å². The van der Waals surface area contributed by atoms with Gasteiger partial charge >= 0.3 is 0 Å². The van der Waals surface area contributed by atoms with Crippen molar-refractivity contribution in [2.45, 2.75) is 19.4 Å². The molecule has 0 radical (unpaired) electrons. The van der Waals surface area contributed by atoms with Crippen molar-refractivity contribution >= 4 is 17.3 Å². The third kappa shape index (κ3) is 3.85. The Bertz CT molecular complexity index is 696. The summed E-state index contributed by atoms with van der Waals surface area (Å²) in [7, 11) is 0. The maximum atomic E-state index is 5.47. The predicted molar refractivity (Wildman–Crippen MR) is 100 cm³/mol. The highest BCUT2D eigenvalue weighted by molar-refractivity contribution is 5.56. The summed E-state index contributed by atoms with van der Waals surface area (Å²) in [6, 6.07) is 10.6. The molecule has 1 aromatic carbocycles. The average molecular weight is 339 g/mol. The van der Waals surface area contributed by atoms with E-state index in [4.69, 9.17) is 4.74 Å². The summed E-state index contributed by atoms with van der Waals surface area (Å²) >= 11 is 0. The number of rotatable bonds is 5. The van der Waals surface area contributed by atoms with Gasteiger partial charge in [-0.1, -0.05) is 18.2 Å². The van der Waals surface area contributed by atoms with Crippen molar-refractivity contribution in [1.82, 2.24) is 9.97 Å². The fraction of sp³-hybridized carbons (Fsp3) is 0.474. The molecule has 25 heavy (non-hydrogen) atoms. The van der Waals surface area contributed by atoms with E-state index in [2.05, 4.69) is 55.4 Å². The van der Waals surface area contributed by atoms with Gasteiger partial charge in [-0.15, -0.1) is 0 Å². The summed E-state index contributed by atoms with van der Waals surface area (Å²) in [4.78, 5) is 13.5. The zero-order chi connectivity index (χ0) is 16.9. The van der Waals surface area contributed by atoms with Gasteiger partial charge in [-0.25, -0.2) is 9.97 Å². The highest BCUT2D eigenvalue weighted by atomic mass is 16.5. The van der Waals surface area contributed by atoms with Crippen LogP contribution in [-0.4, -0.2) is 49.4 Å². The molecule has 1 aromatic heterocycles. The molecular weight excluding hydrogens is 314 g/mol. The van der Waals surface area contributed by atoms with Crippen LogP contribution >= 0.6 is 0 Å². The Kier molecular flexibility index (Phi) is 4.97. The zero-order valence-corrected chi connectivity index (χ0v) is 14.5. The molecule has 0 aliphatic carbocycles. The summed E-state index contributed by atoms with van der Waals surface area (Å²) in [5.74, 6) is 1.91. The highest BCUT2D eigenvalue weighted by Gasteiger charge is 2.16. The van der Waals surface area contributed by atoms with Gasteiger partial charge < -0.3 is 19.9 Å². The molecule has 0 saturated carbocycles. The van der Waals surface area contributed by atoms with E-state index in [0.717, 1.165) is 57.6 Å². The van der Waals surface area contributed by atoms with Crippen LogP contribution in [0.1, 0.15) is 18.4 Å². The van der Waals surface area contributed by atoms with Crippen LogP contribution in [-0.2, 0) is 11.3 Å². The molecule has 0 amide bonds. The Labute approximate surface area is 148 Å². The number of aromatic nitrogens is 2. The van der Waals surface area contributed by atoms with Gasteiger partial charge in [0, 0.05) is 44.5 Å². The summed E-state index contributed by atoms with van der Waals surface area (Å²) in [5, 5.41) is 3.47. The molecule has 1 N–H and O–H groups in total. The molecule has 3 heterocycles. The Morgan fingerprint density at radius 3 is 2.60 bits per heavy atom. The van der Waals surface area contributed by atoms with Gasteiger partial charge in [-0.2, -0.15) is 0 Å². The van der Waals surface area contributed by atoms with Gasteiger partial charge in [-0.05, 0) is 24.5 Å². The summed E-state index contributed by atoms with van der Waals surface area (Å²) in [6.07, 6.45) is 4.16. The summed E-state index contributed by atoms with van der Waals surface area (Å²) in [6.45, 7) is 6.43. The third-order valence-corrected chi connectivity index (χ3v) is 4.89. The van der Waals surface area contributed by atoms with Gasteiger partial charge in [-0.3, -0.25) is 0 Å². The van der Waals surface area contributed by atoms with Crippen molar-refractivity contribution in [2.75, 3.05) is 54.5 Å². The molecule has 2 aliphatic heterocycles. The predicted octanol–water partition coefficient (Wildman–Crippen LogP) is 2.53. The van der Waals surface area contributed by atoms with E-state index in [1.54, 1.807) is 6.33 Å². The monoisotopic (exact) mass is 339 g/mol. The molecule has 2 aromatic rings. The third-order valence-electron chi connectivity index (χ3n) is 4.89. The second-order valence-electron chi connectivity index (χ2n) is 6.54. The minimum atomic E-state index is 0.754. The summed E-state index contributed by atoms with van der Waals surface area (Å²) < 4.78 is 5.47. The Balaban J connectivity index is 1.45. The summed E-state index contributed by atoms with van der Waals surface area (Å²) in [5.41, 5.74) is 2.57. The zero-order valence-electron chi connectivity index (χ0n) is 14.5. The topological polar surface area (TPSA) is 53.5 Å². The van der Waals surface area contributed by atoms with Crippen molar-refractivity contribution in [3.8, 4) is 0 Å². The van der Waals surface area contributed by atoms with Crippen LogP contribution in [0.5, 0.6) is 0 Å². The molecule has 132 valence electrons. The molecule has 6 heteroatoms. The number of para-hydroxylation sites is 1. The average Bonchev–Trinajstić information content (AvgIpc) is 3.22. The molecule has 0 atom stereocenters. The van der Waals surface area contributed by atoms with E-state index in [1.165, 1.54) is 24.1 Å². The molecule has 0 unspecified atom stereocenters. The largest absolute Gasteiger partial charge is 0.378 e. The minimum absolute atomic E-state index is 0.754. The lowest BCUT2D eigenvalue weighted by molar-refractivity contribution is 0.122. The van der Waals surface area contributed by atoms with Crippen molar-refractivity contribution in [1.29, 1.82) is 0 Å². The first-order chi connectivity index (χ1) is 12.4. The quantitative estimate of drug-likeness (QED) is 0.903. The lowest BCUT2D eigenvalue weighted by atomic mass is 10.1. The molecule has 4 rings (SSSR count). The molecule has 2 saturated heterocycles. The number of nitrogens with one attached hydrogen (secondary N) is 1. The van der Waals surface area contributed by atoms with Crippen molar-refractivity contribution in [3.63, 3.8) is 0 Å². The smallest absolute Gasteiger partial charge is 0.134 e. The molecule has 2 fully saturated rings. The molecular formula is C19H25N5O. The van der Waals surface area contributed by atoms with Crippen LogP contribution < -0.4 is 15.1 Å². The van der Waals surface area contributed by atoms with Crippen molar-refractivity contribution in [3.05, 3.63) is 42.2 Å². The number of ether oxygens (including phenoxy) is 1. The van der Waals surface area contributed by atoms with E-state index >= 15 is 0 Å². The molecule has 6 nitrogen and oxygen atoms in total. The number of morpholine rings is 1. The number of hydrogen-bond donors (Lipinski definition) is 1. The Morgan fingerprint density at radius 1 is 0.960 bits per heavy atom. The lowest BCUT2D eigenvalue weighted by Gasteiger charge is -2.30. The fourth-order valence-corrected chi connectivity index (χ4v) is 3.52. The SMILES string of the molecule is c1ccc(N2CCOCC2)c(CNc2cc(N3CCCC3)ncn2)c1.